The molecule has 0 aliphatic rings. The third kappa shape index (κ3) is 3.68. The fraction of sp³-hybridized carbons (Fsp3) is 0.286. The number of rotatable bonds is 5. The lowest BCUT2D eigenvalue weighted by Gasteiger charge is -2.18. The molecule has 4 nitrogen and oxygen atoms in total. The zero-order chi connectivity index (χ0) is 18.7. The van der Waals surface area contributed by atoms with Gasteiger partial charge in [0, 0.05) is 28.5 Å². The SMILES string of the molecule is CCc1ccccc1NC(=O)N[C@H](C)c1c(-n2cccc2)sc(C)c1C. The molecular formula is C21H25N3OS. The quantitative estimate of drug-likeness (QED) is 0.606. The lowest BCUT2D eigenvalue weighted by Crippen LogP contribution is -2.32. The van der Waals surface area contributed by atoms with Gasteiger partial charge in [0.2, 0.25) is 0 Å². The molecule has 136 valence electrons. The van der Waals surface area contributed by atoms with E-state index in [4.69, 9.17) is 0 Å². The first-order valence-electron chi connectivity index (χ1n) is 8.90. The maximum atomic E-state index is 12.6. The Morgan fingerprint density at radius 1 is 1.15 bits per heavy atom. The van der Waals surface area contributed by atoms with E-state index in [9.17, 15) is 4.79 Å². The number of aromatic nitrogens is 1. The van der Waals surface area contributed by atoms with Crippen molar-refractivity contribution in [3.63, 3.8) is 0 Å². The van der Waals surface area contributed by atoms with E-state index < -0.39 is 0 Å². The molecule has 0 unspecified atom stereocenters. The highest BCUT2D eigenvalue weighted by Crippen LogP contribution is 2.35. The van der Waals surface area contributed by atoms with Gasteiger partial charge in [-0.3, -0.25) is 0 Å². The van der Waals surface area contributed by atoms with Crippen LogP contribution in [-0.4, -0.2) is 10.6 Å². The first-order chi connectivity index (χ1) is 12.5. The third-order valence-electron chi connectivity index (χ3n) is 4.68. The van der Waals surface area contributed by atoms with E-state index >= 15 is 0 Å². The minimum Gasteiger partial charge on any atom is -0.331 e. The van der Waals surface area contributed by atoms with Crippen molar-refractivity contribution in [2.45, 2.75) is 40.2 Å². The maximum absolute atomic E-state index is 12.6. The summed E-state index contributed by atoms with van der Waals surface area (Å²) in [5.41, 5.74) is 4.40. The molecule has 0 spiro atoms. The van der Waals surface area contributed by atoms with Crippen LogP contribution in [0.1, 0.15) is 41.5 Å². The second-order valence-electron chi connectivity index (χ2n) is 6.42. The molecule has 0 saturated carbocycles. The van der Waals surface area contributed by atoms with Crippen LogP contribution in [0.5, 0.6) is 0 Å². The summed E-state index contributed by atoms with van der Waals surface area (Å²) in [5.74, 6) is 0. The van der Waals surface area contributed by atoms with Gasteiger partial charge in [-0.05, 0) is 56.5 Å². The smallest absolute Gasteiger partial charge is 0.319 e. The van der Waals surface area contributed by atoms with Gasteiger partial charge < -0.3 is 15.2 Å². The van der Waals surface area contributed by atoms with E-state index in [0.29, 0.717) is 0 Å². The van der Waals surface area contributed by atoms with E-state index in [1.54, 1.807) is 11.3 Å². The van der Waals surface area contributed by atoms with Crippen molar-refractivity contribution in [2.24, 2.45) is 0 Å². The average molecular weight is 368 g/mol. The molecule has 0 saturated heterocycles. The summed E-state index contributed by atoms with van der Waals surface area (Å²) < 4.78 is 2.11. The standard InChI is InChI=1S/C21H25N3OS/c1-5-17-10-6-7-11-18(17)23-21(25)22-15(3)19-14(2)16(4)26-20(19)24-12-8-9-13-24/h6-13,15H,5H2,1-4H3,(H2,22,23,25)/t15-/m1/s1. The van der Waals surface area contributed by atoms with Crippen molar-refractivity contribution in [1.29, 1.82) is 0 Å². The molecule has 1 aromatic carbocycles. The molecule has 0 radical (unpaired) electrons. The molecule has 2 N–H and O–H groups in total. The second kappa shape index (κ2) is 7.79. The minimum atomic E-state index is -0.180. The number of carbonyl (C=O) groups excluding carboxylic acids is 1. The van der Waals surface area contributed by atoms with Crippen LogP contribution < -0.4 is 10.6 Å². The summed E-state index contributed by atoms with van der Waals surface area (Å²) in [4.78, 5) is 13.8. The largest absolute Gasteiger partial charge is 0.331 e. The average Bonchev–Trinajstić information content (AvgIpc) is 3.24. The molecule has 5 heteroatoms. The molecule has 0 aliphatic carbocycles. The van der Waals surface area contributed by atoms with Gasteiger partial charge in [-0.15, -0.1) is 11.3 Å². The highest BCUT2D eigenvalue weighted by Gasteiger charge is 2.21. The number of nitrogens with one attached hydrogen (secondary N) is 2. The highest BCUT2D eigenvalue weighted by atomic mass is 32.1. The molecule has 0 bridgehead atoms. The van der Waals surface area contributed by atoms with Crippen molar-refractivity contribution >= 4 is 23.1 Å². The molecule has 2 aromatic heterocycles. The molecule has 0 fully saturated rings. The van der Waals surface area contributed by atoms with Crippen molar-refractivity contribution in [3.05, 3.63) is 70.4 Å². The van der Waals surface area contributed by atoms with Gasteiger partial charge in [-0.25, -0.2) is 4.79 Å². The summed E-state index contributed by atoms with van der Waals surface area (Å²) in [7, 11) is 0. The third-order valence-corrected chi connectivity index (χ3v) is 5.91. The van der Waals surface area contributed by atoms with Crippen molar-refractivity contribution in [3.8, 4) is 5.00 Å². The molecule has 26 heavy (non-hydrogen) atoms. The summed E-state index contributed by atoms with van der Waals surface area (Å²) in [6, 6.07) is 11.7. The first kappa shape index (κ1) is 18.3. The van der Waals surface area contributed by atoms with Crippen LogP contribution in [0.2, 0.25) is 0 Å². The van der Waals surface area contributed by atoms with Gasteiger partial charge in [0.25, 0.3) is 0 Å². The van der Waals surface area contributed by atoms with E-state index in [1.807, 2.05) is 55.7 Å². The van der Waals surface area contributed by atoms with Gasteiger partial charge in [0.05, 0.1) is 6.04 Å². The molecule has 2 amide bonds. The number of thiophene rings is 1. The highest BCUT2D eigenvalue weighted by molar-refractivity contribution is 7.14. The van der Waals surface area contributed by atoms with Gasteiger partial charge in [-0.1, -0.05) is 25.1 Å². The summed E-state index contributed by atoms with van der Waals surface area (Å²) in [5, 5.41) is 7.24. The number of carbonyl (C=O) groups is 1. The number of anilines is 1. The lowest BCUT2D eigenvalue weighted by atomic mass is 10.1. The van der Waals surface area contributed by atoms with Crippen molar-refractivity contribution < 1.29 is 4.79 Å². The number of hydrogen-bond acceptors (Lipinski definition) is 2. The second-order valence-corrected chi connectivity index (χ2v) is 7.63. The van der Waals surface area contributed by atoms with Crippen LogP contribution in [0.4, 0.5) is 10.5 Å². The predicted molar refractivity (Wildman–Crippen MR) is 110 cm³/mol. The van der Waals surface area contributed by atoms with E-state index in [-0.39, 0.29) is 12.1 Å². The fourth-order valence-corrected chi connectivity index (χ4v) is 4.40. The number of nitrogens with zero attached hydrogens (tertiary/aromatic N) is 1. The summed E-state index contributed by atoms with van der Waals surface area (Å²) in [6.07, 6.45) is 4.96. The van der Waals surface area contributed by atoms with Gasteiger partial charge in [-0.2, -0.15) is 0 Å². The Balaban J connectivity index is 1.80. The molecule has 0 aliphatic heterocycles. The first-order valence-corrected chi connectivity index (χ1v) is 9.71. The number of aryl methyl sites for hydroxylation is 2. The Morgan fingerprint density at radius 2 is 1.85 bits per heavy atom. The minimum absolute atomic E-state index is 0.0915. The molecular weight excluding hydrogens is 342 g/mol. The van der Waals surface area contributed by atoms with Crippen LogP contribution in [-0.2, 0) is 6.42 Å². The summed E-state index contributed by atoms with van der Waals surface area (Å²) >= 11 is 1.76. The van der Waals surface area contributed by atoms with Crippen molar-refractivity contribution in [2.75, 3.05) is 5.32 Å². The Morgan fingerprint density at radius 3 is 2.54 bits per heavy atom. The normalized spacial score (nSPS) is 12.0. The topological polar surface area (TPSA) is 46.1 Å². The maximum Gasteiger partial charge on any atom is 0.319 e. The van der Waals surface area contributed by atoms with E-state index in [0.717, 1.165) is 22.7 Å². The number of amides is 2. The van der Waals surface area contributed by atoms with Gasteiger partial charge in [0.15, 0.2) is 0 Å². The molecule has 2 heterocycles. The van der Waals surface area contributed by atoms with Gasteiger partial charge >= 0.3 is 6.03 Å². The number of urea groups is 1. The van der Waals surface area contributed by atoms with Crippen LogP contribution in [0, 0.1) is 13.8 Å². The zero-order valence-electron chi connectivity index (χ0n) is 15.7. The van der Waals surface area contributed by atoms with Crippen molar-refractivity contribution in [1.82, 2.24) is 9.88 Å². The Kier molecular flexibility index (Phi) is 5.47. The molecule has 3 aromatic rings. The number of hydrogen-bond donors (Lipinski definition) is 2. The molecule has 1 atom stereocenters. The Bertz CT molecular complexity index is 896. The molecule has 3 rings (SSSR count). The van der Waals surface area contributed by atoms with E-state index in [2.05, 4.69) is 36.0 Å². The number of benzene rings is 1. The lowest BCUT2D eigenvalue weighted by molar-refractivity contribution is 0.249. The fourth-order valence-electron chi connectivity index (χ4n) is 3.18. The van der Waals surface area contributed by atoms with Crippen LogP contribution in [0.15, 0.2) is 48.8 Å². The van der Waals surface area contributed by atoms with Crippen LogP contribution in [0.25, 0.3) is 5.00 Å². The van der Waals surface area contributed by atoms with E-state index in [1.165, 1.54) is 16.0 Å². The van der Waals surface area contributed by atoms with Crippen LogP contribution >= 0.6 is 11.3 Å². The predicted octanol–water partition coefficient (Wildman–Crippen LogP) is 5.60. The monoisotopic (exact) mass is 367 g/mol. The van der Waals surface area contributed by atoms with Gasteiger partial charge in [0.1, 0.15) is 5.00 Å². The summed E-state index contributed by atoms with van der Waals surface area (Å²) in [6.45, 7) is 8.37. The Hall–Kier alpha value is -2.53. The zero-order valence-corrected chi connectivity index (χ0v) is 16.5. The van der Waals surface area contributed by atoms with Crippen LogP contribution in [0.3, 0.4) is 0 Å². The Labute approximate surface area is 158 Å². The number of para-hydroxylation sites is 1.